The molecule has 1 atom stereocenters. The van der Waals surface area contributed by atoms with Gasteiger partial charge in [-0.1, -0.05) is 41.7 Å². The molecule has 144 valence electrons. The average molecular weight is 436 g/mol. The molecule has 5 nitrogen and oxygen atoms in total. The Balaban J connectivity index is 1.48. The maximum absolute atomic E-state index is 4.95. The van der Waals surface area contributed by atoms with Gasteiger partial charge in [0.1, 0.15) is 0 Å². The number of hydrogen-bond donors (Lipinski definition) is 0. The second-order valence-electron chi connectivity index (χ2n) is 6.53. The van der Waals surface area contributed by atoms with Gasteiger partial charge in [-0.3, -0.25) is 0 Å². The van der Waals surface area contributed by atoms with Gasteiger partial charge in [-0.25, -0.2) is 9.99 Å². The molecule has 1 aromatic carbocycles. The molecular weight excluding hydrogens is 418 g/mol. The van der Waals surface area contributed by atoms with E-state index in [1.165, 1.54) is 21.1 Å². The summed E-state index contributed by atoms with van der Waals surface area (Å²) in [4.78, 5) is 7.28. The van der Waals surface area contributed by atoms with Crippen molar-refractivity contribution in [2.24, 2.45) is 15.3 Å². The largest absolute Gasteiger partial charge is 0.230 e. The summed E-state index contributed by atoms with van der Waals surface area (Å²) < 4.78 is 0. The monoisotopic (exact) mass is 435 g/mol. The molecule has 1 aliphatic heterocycles. The summed E-state index contributed by atoms with van der Waals surface area (Å²) in [6.45, 7) is 1.97. The number of anilines is 1. The van der Waals surface area contributed by atoms with E-state index in [2.05, 4.69) is 50.3 Å². The van der Waals surface area contributed by atoms with Crippen molar-refractivity contribution in [3.8, 4) is 0 Å². The summed E-state index contributed by atoms with van der Waals surface area (Å²) in [5.74, 6) is 0. The summed E-state index contributed by atoms with van der Waals surface area (Å²) >= 11 is 5.02. The highest BCUT2D eigenvalue weighted by atomic mass is 32.1. The van der Waals surface area contributed by atoms with Crippen LogP contribution in [0.4, 0.5) is 15.8 Å². The number of aromatic nitrogens is 1. The van der Waals surface area contributed by atoms with Gasteiger partial charge in [0.2, 0.25) is 5.13 Å². The van der Waals surface area contributed by atoms with Crippen LogP contribution in [0.25, 0.3) is 0 Å². The first-order valence-corrected chi connectivity index (χ1v) is 11.7. The van der Waals surface area contributed by atoms with E-state index >= 15 is 0 Å². The summed E-state index contributed by atoms with van der Waals surface area (Å²) in [6, 6.07) is 18.4. The molecule has 0 amide bonds. The Hall–Kier alpha value is -2.68. The lowest BCUT2D eigenvalue weighted by Gasteiger charge is -2.19. The summed E-state index contributed by atoms with van der Waals surface area (Å²) in [6.07, 6.45) is 0.876. The van der Waals surface area contributed by atoms with Gasteiger partial charge < -0.3 is 0 Å². The quantitative estimate of drug-likeness (QED) is 0.308. The van der Waals surface area contributed by atoms with Gasteiger partial charge >= 0.3 is 0 Å². The van der Waals surface area contributed by atoms with Gasteiger partial charge in [-0.15, -0.1) is 32.9 Å². The van der Waals surface area contributed by atoms with Crippen LogP contribution in [0.2, 0.25) is 0 Å². The highest BCUT2D eigenvalue weighted by molar-refractivity contribution is 7.19. The molecule has 8 heteroatoms. The highest BCUT2D eigenvalue weighted by Gasteiger charge is 2.33. The van der Waals surface area contributed by atoms with Crippen molar-refractivity contribution in [3.63, 3.8) is 0 Å². The van der Waals surface area contributed by atoms with Gasteiger partial charge in [0.25, 0.3) is 0 Å². The zero-order chi connectivity index (χ0) is 19.6. The van der Waals surface area contributed by atoms with E-state index in [1.807, 2.05) is 37.3 Å². The molecule has 0 saturated carbocycles. The second kappa shape index (κ2) is 7.98. The highest BCUT2D eigenvalue weighted by Crippen LogP contribution is 2.43. The standard InChI is InChI=1S/C21H17N5S3/c1-14-20(24-23-15-7-3-2-4-8-15)29-21(22-14)26-17(19-10-6-12-28-19)13-16(25-26)18-9-5-11-27-18/h2-12,17H,13H2,1H3. The van der Waals surface area contributed by atoms with Gasteiger partial charge in [0.15, 0.2) is 5.00 Å². The maximum atomic E-state index is 4.95. The molecule has 0 bridgehead atoms. The topological polar surface area (TPSA) is 53.2 Å². The Morgan fingerprint density at radius 3 is 2.55 bits per heavy atom. The van der Waals surface area contributed by atoms with Gasteiger partial charge in [0, 0.05) is 11.3 Å². The normalized spacial score (nSPS) is 16.7. The molecule has 0 radical (unpaired) electrons. The SMILES string of the molecule is Cc1nc(N2N=C(c3cccs3)CC2c2cccs2)sc1N=Nc1ccccc1. The predicted octanol–water partition coefficient (Wildman–Crippen LogP) is 7.35. The second-order valence-corrected chi connectivity index (χ2v) is 9.41. The third kappa shape index (κ3) is 3.78. The van der Waals surface area contributed by atoms with Crippen molar-refractivity contribution < 1.29 is 0 Å². The summed E-state index contributed by atoms with van der Waals surface area (Å²) in [5.41, 5.74) is 2.81. The van der Waals surface area contributed by atoms with E-state index in [0.29, 0.717) is 0 Å². The van der Waals surface area contributed by atoms with E-state index in [-0.39, 0.29) is 6.04 Å². The Labute approximate surface area is 180 Å². The fourth-order valence-electron chi connectivity index (χ4n) is 3.14. The molecular formula is C21H17N5S3. The lowest BCUT2D eigenvalue weighted by atomic mass is 10.1. The first-order valence-electron chi connectivity index (χ1n) is 9.16. The number of rotatable bonds is 5. The lowest BCUT2D eigenvalue weighted by Crippen LogP contribution is -2.17. The third-order valence-electron chi connectivity index (χ3n) is 4.56. The minimum Gasteiger partial charge on any atom is -0.230 e. The molecule has 0 N–H and O–H groups in total. The fraction of sp³-hybridized carbons (Fsp3) is 0.143. The lowest BCUT2D eigenvalue weighted by molar-refractivity contribution is 0.718. The van der Waals surface area contributed by atoms with Crippen LogP contribution in [0.3, 0.4) is 0 Å². The van der Waals surface area contributed by atoms with E-state index in [4.69, 9.17) is 10.1 Å². The van der Waals surface area contributed by atoms with Crippen molar-refractivity contribution in [1.29, 1.82) is 0 Å². The molecule has 0 fully saturated rings. The van der Waals surface area contributed by atoms with Crippen LogP contribution in [-0.2, 0) is 0 Å². The summed E-state index contributed by atoms with van der Waals surface area (Å²) in [7, 11) is 0. The molecule has 1 aliphatic rings. The van der Waals surface area contributed by atoms with Crippen LogP contribution in [-0.4, -0.2) is 10.7 Å². The molecule has 4 aromatic rings. The van der Waals surface area contributed by atoms with E-state index in [1.54, 1.807) is 22.7 Å². The first kappa shape index (κ1) is 18.4. The van der Waals surface area contributed by atoms with Crippen LogP contribution in [0.1, 0.15) is 27.9 Å². The Kier molecular flexibility index (Phi) is 5.05. The van der Waals surface area contributed by atoms with Gasteiger partial charge in [-0.05, 0) is 41.9 Å². The van der Waals surface area contributed by atoms with Crippen molar-refractivity contribution in [2.45, 2.75) is 19.4 Å². The maximum Gasteiger partial charge on any atom is 0.208 e. The molecule has 0 spiro atoms. The minimum atomic E-state index is 0.163. The van der Waals surface area contributed by atoms with Crippen LogP contribution < -0.4 is 5.01 Å². The van der Waals surface area contributed by atoms with Crippen molar-refractivity contribution in [2.75, 3.05) is 5.01 Å². The van der Waals surface area contributed by atoms with Crippen molar-refractivity contribution >= 4 is 55.5 Å². The Morgan fingerprint density at radius 2 is 1.79 bits per heavy atom. The number of thiazole rings is 1. The van der Waals surface area contributed by atoms with E-state index in [9.17, 15) is 0 Å². The average Bonchev–Trinajstić information content (AvgIpc) is 3.53. The number of aryl methyl sites for hydroxylation is 1. The summed E-state index contributed by atoms with van der Waals surface area (Å²) in [5, 5.41) is 21.7. The van der Waals surface area contributed by atoms with Gasteiger partial charge in [0.05, 0.1) is 28.0 Å². The third-order valence-corrected chi connectivity index (χ3v) is 7.48. The number of benzene rings is 1. The molecule has 4 heterocycles. The number of hydrogen-bond acceptors (Lipinski definition) is 8. The van der Waals surface area contributed by atoms with Gasteiger partial charge in [-0.2, -0.15) is 5.10 Å². The number of azo groups is 1. The Bertz CT molecular complexity index is 1140. The smallest absolute Gasteiger partial charge is 0.208 e. The van der Waals surface area contributed by atoms with Crippen LogP contribution >= 0.6 is 34.0 Å². The van der Waals surface area contributed by atoms with Crippen molar-refractivity contribution in [3.05, 3.63) is 80.8 Å². The van der Waals surface area contributed by atoms with Crippen LogP contribution in [0.15, 0.2) is 80.7 Å². The zero-order valence-electron chi connectivity index (χ0n) is 15.6. The van der Waals surface area contributed by atoms with E-state index in [0.717, 1.165) is 33.6 Å². The molecule has 0 aliphatic carbocycles. The molecule has 3 aromatic heterocycles. The minimum absolute atomic E-state index is 0.163. The molecule has 29 heavy (non-hydrogen) atoms. The van der Waals surface area contributed by atoms with Crippen molar-refractivity contribution in [1.82, 2.24) is 4.98 Å². The van der Waals surface area contributed by atoms with E-state index < -0.39 is 0 Å². The van der Waals surface area contributed by atoms with Crippen LogP contribution in [0, 0.1) is 6.92 Å². The molecule has 5 rings (SSSR count). The zero-order valence-corrected chi connectivity index (χ0v) is 18.0. The molecule has 0 saturated heterocycles. The predicted molar refractivity (Wildman–Crippen MR) is 122 cm³/mol. The van der Waals surface area contributed by atoms with Crippen LogP contribution in [0.5, 0.6) is 0 Å². The number of thiophene rings is 2. The Morgan fingerprint density at radius 1 is 0.966 bits per heavy atom. The molecule has 1 unspecified atom stereocenters. The number of nitrogens with zero attached hydrogens (tertiary/aromatic N) is 5. The number of hydrazone groups is 1. The first-order chi connectivity index (χ1) is 14.3. The fourth-order valence-corrected chi connectivity index (χ4v) is 5.57.